The molecule has 1 saturated carbocycles. The maximum Gasteiger partial charge on any atom is 0.180 e. The molecule has 0 saturated heterocycles. The molecule has 2 aromatic heterocycles. The highest BCUT2D eigenvalue weighted by molar-refractivity contribution is 5.68. The van der Waals surface area contributed by atoms with E-state index >= 15 is 0 Å². The third kappa shape index (κ3) is 1.47. The van der Waals surface area contributed by atoms with Crippen LogP contribution in [-0.2, 0) is 6.42 Å². The first-order valence-electron chi connectivity index (χ1n) is 5.06. The highest BCUT2D eigenvalue weighted by Crippen LogP contribution is 2.33. The van der Waals surface area contributed by atoms with Crippen LogP contribution in [0.25, 0.3) is 11.2 Å². The van der Waals surface area contributed by atoms with Crippen molar-refractivity contribution in [2.75, 3.05) is 0 Å². The van der Waals surface area contributed by atoms with Crippen molar-refractivity contribution >= 4 is 11.2 Å². The molecule has 3 rings (SSSR count). The Morgan fingerprint density at radius 3 is 3.14 bits per heavy atom. The number of aryl methyl sites for hydroxylation is 1. The number of rotatable bonds is 3. The summed E-state index contributed by atoms with van der Waals surface area (Å²) in [6.45, 7) is 0. The van der Waals surface area contributed by atoms with E-state index in [4.69, 9.17) is 0 Å². The number of nitrogens with zero attached hydrogens (tertiary/aromatic N) is 3. The molecule has 14 heavy (non-hydrogen) atoms. The zero-order valence-electron chi connectivity index (χ0n) is 7.90. The number of hydrogen-bond acceptors (Lipinski definition) is 3. The third-order valence-corrected chi connectivity index (χ3v) is 2.70. The summed E-state index contributed by atoms with van der Waals surface area (Å²) in [5, 5.41) is 0. The lowest BCUT2D eigenvalue weighted by atomic mass is 10.2. The van der Waals surface area contributed by atoms with Crippen molar-refractivity contribution in [3.63, 3.8) is 0 Å². The Hall–Kier alpha value is -1.45. The van der Waals surface area contributed by atoms with Gasteiger partial charge in [0.25, 0.3) is 0 Å². The first-order chi connectivity index (χ1) is 6.92. The largest absolute Gasteiger partial charge is 0.339 e. The second-order valence-corrected chi connectivity index (χ2v) is 3.93. The summed E-state index contributed by atoms with van der Waals surface area (Å²) in [5.74, 6) is 2.00. The molecule has 1 fully saturated rings. The number of H-pyrrole nitrogens is 1. The van der Waals surface area contributed by atoms with Crippen LogP contribution in [0.4, 0.5) is 0 Å². The number of aromatic nitrogens is 4. The lowest BCUT2D eigenvalue weighted by Gasteiger charge is -1.92. The molecule has 0 spiro atoms. The molecule has 0 aromatic carbocycles. The minimum absolute atomic E-state index is 0.783. The molecule has 0 atom stereocenters. The van der Waals surface area contributed by atoms with E-state index in [2.05, 4.69) is 19.9 Å². The summed E-state index contributed by atoms with van der Waals surface area (Å²) in [6, 6.07) is 0. The van der Waals surface area contributed by atoms with Crippen LogP contribution in [0.1, 0.15) is 25.1 Å². The van der Waals surface area contributed by atoms with Crippen LogP contribution in [0.3, 0.4) is 0 Å². The summed E-state index contributed by atoms with van der Waals surface area (Å²) >= 11 is 0. The molecule has 0 aliphatic heterocycles. The van der Waals surface area contributed by atoms with E-state index in [0.717, 1.165) is 29.3 Å². The van der Waals surface area contributed by atoms with Crippen LogP contribution >= 0.6 is 0 Å². The average Bonchev–Trinajstić information content (AvgIpc) is 2.94. The normalized spacial score (nSPS) is 16.3. The number of hydrogen-bond donors (Lipinski definition) is 1. The van der Waals surface area contributed by atoms with Gasteiger partial charge >= 0.3 is 0 Å². The molecule has 1 aliphatic carbocycles. The molecule has 0 bridgehead atoms. The average molecular weight is 188 g/mol. The molecule has 0 amide bonds. The van der Waals surface area contributed by atoms with Crippen molar-refractivity contribution in [2.24, 2.45) is 5.92 Å². The van der Waals surface area contributed by atoms with E-state index in [-0.39, 0.29) is 0 Å². The number of imidazole rings is 1. The van der Waals surface area contributed by atoms with E-state index < -0.39 is 0 Å². The SMILES string of the molecule is c1ncc2[nH]c(CCC3CC3)nc2n1. The Bertz CT molecular complexity index is 411. The Morgan fingerprint density at radius 2 is 2.36 bits per heavy atom. The van der Waals surface area contributed by atoms with Gasteiger partial charge < -0.3 is 4.98 Å². The highest BCUT2D eigenvalue weighted by Gasteiger charge is 2.21. The quantitative estimate of drug-likeness (QED) is 0.797. The Labute approximate surface area is 81.8 Å². The lowest BCUT2D eigenvalue weighted by Crippen LogP contribution is -1.88. The summed E-state index contributed by atoms with van der Waals surface area (Å²) in [4.78, 5) is 15.7. The van der Waals surface area contributed by atoms with Gasteiger partial charge in [0.15, 0.2) is 5.65 Å². The fourth-order valence-corrected chi connectivity index (χ4v) is 1.68. The van der Waals surface area contributed by atoms with Crippen LogP contribution in [0, 0.1) is 5.92 Å². The summed E-state index contributed by atoms with van der Waals surface area (Å²) in [7, 11) is 0. The molecule has 2 aromatic rings. The van der Waals surface area contributed by atoms with E-state index in [9.17, 15) is 0 Å². The second-order valence-electron chi connectivity index (χ2n) is 3.93. The first kappa shape index (κ1) is 7.91. The zero-order chi connectivity index (χ0) is 9.38. The fraction of sp³-hybridized carbons (Fsp3) is 0.500. The second kappa shape index (κ2) is 3.04. The van der Waals surface area contributed by atoms with Gasteiger partial charge in [0.2, 0.25) is 0 Å². The molecular weight excluding hydrogens is 176 g/mol. The third-order valence-electron chi connectivity index (χ3n) is 2.70. The van der Waals surface area contributed by atoms with Crippen molar-refractivity contribution in [1.29, 1.82) is 0 Å². The van der Waals surface area contributed by atoms with Crippen LogP contribution in [0.15, 0.2) is 12.5 Å². The maximum absolute atomic E-state index is 4.41. The summed E-state index contributed by atoms with van der Waals surface area (Å²) in [6.07, 6.45) is 8.41. The Morgan fingerprint density at radius 1 is 1.43 bits per heavy atom. The van der Waals surface area contributed by atoms with Crippen molar-refractivity contribution < 1.29 is 0 Å². The molecule has 2 heterocycles. The van der Waals surface area contributed by atoms with Crippen molar-refractivity contribution in [3.05, 3.63) is 18.3 Å². The standard InChI is InChI=1S/C10H12N4/c1-2-7(1)3-4-9-13-8-5-11-6-12-10(8)14-9/h5-7H,1-4H2,(H,11,12,13,14). The van der Waals surface area contributed by atoms with Gasteiger partial charge in [-0.05, 0) is 12.3 Å². The Balaban J connectivity index is 1.82. The first-order valence-corrected chi connectivity index (χ1v) is 5.06. The number of nitrogens with one attached hydrogen (secondary N) is 1. The van der Waals surface area contributed by atoms with E-state index in [1.807, 2.05) is 0 Å². The van der Waals surface area contributed by atoms with Crippen LogP contribution in [0.2, 0.25) is 0 Å². The molecular formula is C10H12N4. The molecule has 1 aliphatic rings. The van der Waals surface area contributed by atoms with Gasteiger partial charge in [0.1, 0.15) is 17.7 Å². The summed E-state index contributed by atoms with van der Waals surface area (Å²) in [5.41, 5.74) is 1.73. The van der Waals surface area contributed by atoms with Crippen LogP contribution < -0.4 is 0 Å². The molecule has 4 nitrogen and oxygen atoms in total. The minimum Gasteiger partial charge on any atom is -0.339 e. The van der Waals surface area contributed by atoms with Gasteiger partial charge in [-0.25, -0.2) is 15.0 Å². The number of fused-ring (bicyclic) bond motifs is 1. The molecule has 4 heteroatoms. The van der Waals surface area contributed by atoms with Crippen LogP contribution in [-0.4, -0.2) is 19.9 Å². The smallest absolute Gasteiger partial charge is 0.180 e. The van der Waals surface area contributed by atoms with E-state index in [0.29, 0.717) is 0 Å². The van der Waals surface area contributed by atoms with Crippen LogP contribution in [0.5, 0.6) is 0 Å². The molecule has 72 valence electrons. The van der Waals surface area contributed by atoms with Gasteiger partial charge in [-0.2, -0.15) is 0 Å². The van der Waals surface area contributed by atoms with Gasteiger partial charge in [-0.15, -0.1) is 0 Å². The summed E-state index contributed by atoms with van der Waals surface area (Å²) < 4.78 is 0. The predicted molar refractivity (Wildman–Crippen MR) is 52.7 cm³/mol. The molecule has 0 radical (unpaired) electrons. The van der Waals surface area contributed by atoms with E-state index in [1.165, 1.54) is 25.6 Å². The lowest BCUT2D eigenvalue weighted by molar-refractivity contribution is 0.705. The van der Waals surface area contributed by atoms with Gasteiger partial charge in [-0.1, -0.05) is 12.8 Å². The fourth-order valence-electron chi connectivity index (χ4n) is 1.68. The van der Waals surface area contributed by atoms with Crippen molar-refractivity contribution in [1.82, 2.24) is 19.9 Å². The minimum atomic E-state index is 0.783. The highest BCUT2D eigenvalue weighted by atomic mass is 15.0. The van der Waals surface area contributed by atoms with Gasteiger partial charge in [0.05, 0.1) is 6.20 Å². The maximum atomic E-state index is 4.41. The van der Waals surface area contributed by atoms with Crippen molar-refractivity contribution in [3.8, 4) is 0 Å². The van der Waals surface area contributed by atoms with Gasteiger partial charge in [-0.3, -0.25) is 0 Å². The monoisotopic (exact) mass is 188 g/mol. The Kier molecular flexibility index (Phi) is 1.72. The number of aromatic amines is 1. The van der Waals surface area contributed by atoms with E-state index in [1.54, 1.807) is 6.20 Å². The molecule has 0 unspecified atom stereocenters. The van der Waals surface area contributed by atoms with Gasteiger partial charge in [0, 0.05) is 6.42 Å². The predicted octanol–water partition coefficient (Wildman–Crippen LogP) is 1.70. The molecule has 1 N–H and O–H groups in total. The van der Waals surface area contributed by atoms with Crippen molar-refractivity contribution in [2.45, 2.75) is 25.7 Å². The zero-order valence-corrected chi connectivity index (χ0v) is 7.90. The topological polar surface area (TPSA) is 54.5 Å².